The highest BCUT2D eigenvalue weighted by atomic mass is 16.5. The van der Waals surface area contributed by atoms with Gasteiger partial charge in [0.2, 0.25) is 11.8 Å². The van der Waals surface area contributed by atoms with E-state index in [0.717, 1.165) is 23.3 Å². The van der Waals surface area contributed by atoms with E-state index in [1.807, 2.05) is 49.4 Å². The van der Waals surface area contributed by atoms with Gasteiger partial charge < -0.3 is 20.1 Å². The highest BCUT2D eigenvalue weighted by Crippen LogP contribution is 2.25. The second kappa shape index (κ2) is 11.7. The number of aromatic nitrogens is 1. The molecule has 0 spiro atoms. The van der Waals surface area contributed by atoms with Crippen molar-refractivity contribution in [3.63, 3.8) is 0 Å². The summed E-state index contributed by atoms with van der Waals surface area (Å²) in [6.07, 6.45) is 2.57. The van der Waals surface area contributed by atoms with E-state index < -0.39 is 6.04 Å². The Labute approximate surface area is 194 Å². The number of amides is 2. The maximum Gasteiger partial charge on any atom is 0.251 e. The molecule has 172 valence electrons. The van der Waals surface area contributed by atoms with Crippen LogP contribution >= 0.6 is 0 Å². The molecule has 33 heavy (non-hydrogen) atoms. The maximum atomic E-state index is 12.5. The number of nitrogens with one attached hydrogen (secondary N) is 2. The molecule has 2 N–H and O–H groups in total. The van der Waals surface area contributed by atoms with Crippen LogP contribution in [0.25, 0.3) is 0 Å². The zero-order valence-electron chi connectivity index (χ0n) is 19.1. The first-order valence-electron chi connectivity index (χ1n) is 11.0. The summed E-state index contributed by atoms with van der Waals surface area (Å²) in [6.45, 7) is 6.48. The quantitative estimate of drug-likeness (QED) is 0.481. The molecule has 0 radical (unpaired) electrons. The van der Waals surface area contributed by atoms with Crippen LogP contribution in [-0.4, -0.2) is 29.4 Å². The Kier molecular flexibility index (Phi) is 8.41. The minimum atomic E-state index is -0.699. The van der Waals surface area contributed by atoms with Gasteiger partial charge in [0, 0.05) is 23.9 Å². The molecule has 3 rings (SSSR count). The monoisotopic (exact) mass is 447 g/mol. The largest absolute Gasteiger partial charge is 0.494 e. The lowest BCUT2D eigenvalue weighted by Gasteiger charge is -2.15. The van der Waals surface area contributed by atoms with Crippen molar-refractivity contribution in [2.45, 2.75) is 39.8 Å². The fraction of sp³-hybridized carbons (Fsp3) is 0.269. The van der Waals surface area contributed by atoms with Gasteiger partial charge in [-0.3, -0.25) is 9.59 Å². The number of rotatable bonds is 10. The lowest BCUT2D eigenvalue weighted by atomic mass is 10.1. The van der Waals surface area contributed by atoms with Crippen molar-refractivity contribution in [1.29, 1.82) is 0 Å². The molecule has 0 aliphatic carbocycles. The van der Waals surface area contributed by atoms with Gasteiger partial charge in [0.15, 0.2) is 0 Å². The van der Waals surface area contributed by atoms with Crippen LogP contribution in [0.3, 0.4) is 0 Å². The molecule has 7 nitrogen and oxygen atoms in total. The summed E-state index contributed by atoms with van der Waals surface area (Å²) < 4.78 is 11.5. The molecular weight excluding hydrogens is 418 g/mol. The average molecular weight is 448 g/mol. The second-order valence-corrected chi connectivity index (χ2v) is 7.67. The van der Waals surface area contributed by atoms with Gasteiger partial charge in [-0.25, -0.2) is 4.98 Å². The SMILES string of the molecule is CCCOc1ccc(Oc2ncccc2CNC(=O)C(C)NC(=O)c2cccc(C)c2)cc1. The third-order valence-electron chi connectivity index (χ3n) is 4.84. The van der Waals surface area contributed by atoms with E-state index in [2.05, 4.69) is 22.5 Å². The first-order chi connectivity index (χ1) is 16.0. The smallest absolute Gasteiger partial charge is 0.251 e. The van der Waals surface area contributed by atoms with Gasteiger partial charge in [0.05, 0.1) is 6.61 Å². The van der Waals surface area contributed by atoms with Gasteiger partial charge in [-0.05, 0) is 62.7 Å². The molecule has 0 saturated carbocycles. The minimum absolute atomic E-state index is 0.213. The van der Waals surface area contributed by atoms with Crippen LogP contribution in [0.5, 0.6) is 17.4 Å². The summed E-state index contributed by atoms with van der Waals surface area (Å²) in [5.74, 6) is 1.20. The third-order valence-corrected chi connectivity index (χ3v) is 4.84. The molecule has 1 aromatic heterocycles. The van der Waals surface area contributed by atoms with Crippen LogP contribution < -0.4 is 20.1 Å². The van der Waals surface area contributed by atoms with Crippen LogP contribution in [-0.2, 0) is 11.3 Å². The number of pyridine rings is 1. The molecule has 7 heteroatoms. The number of benzene rings is 2. The molecule has 2 aromatic carbocycles. The second-order valence-electron chi connectivity index (χ2n) is 7.67. The predicted molar refractivity (Wildman–Crippen MR) is 126 cm³/mol. The Morgan fingerprint density at radius 3 is 2.52 bits per heavy atom. The normalized spacial score (nSPS) is 11.4. The molecule has 0 bridgehead atoms. The first-order valence-corrected chi connectivity index (χ1v) is 11.0. The highest BCUT2D eigenvalue weighted by Gasteiger charge is 2.17. The average Bonchev–Trinajstić information content (AvgIpc) is 2.82. The molecule has 0 aliphatic heterocycles. The summed E-state index contributed by atoms with van der Waals surface area (Å²) in [5.41, 5.74) is 2.21. The van der Waals surface area contributed by atoms with Gasteiger partial charge in [-0.15, -0.1) is 0 Å². The van der Waals surface area contributed by atoms with Gasteiger partial charge in [0.25, 0.3) is 5.91 Å². The number of carbonyl (C=O) groups excluding carboxylic acids is 2. The van der Waals surface area contributed by atoms with Crippen LogP contribution in [0.4, 0.5) is 0 Å². The molecule has 1 unspecified atom stereocenters. The lowest BCUT2D eigenvalue weighted by Crippen LogP contribution is -2.44. The van der Waals surface area contributed by atoms with E-state index in [4.69, 9.17) is 9.47 Å². The summed E-state index contributed by atoms with van der Waals surface area (Å²) in [7, 11) is 0. The Hall–Kier alpha value is -3.87. The number of nitrogens with zero attached hydrogens (tertiary/aromatic N) is 1. The van der Waals surface area contributed by atoms with Crippen molar-refractivity contribution in [1.82, 2.24) is 15.6 Å². The fourth-order valence-electron chi connectivity index (χ4n) is 3.05. The maximum absolute atomic E-state index is 12.5. The van der Waals surface area contributed by atoms with Crippen molar-refractivity contribution in [3.8, 4) is 17.4 Å². The third kappa shape index (κ3) is 7.07. The standard InChI is InChI=1S/C26H29N3O4/c1-4-15-32-22-10-12-23(13-11-22)33-26-21(9-6-14-27-26)17-28-24(30)19(3)29-25(31)20-8-5-7-18(2)16-20/h5-14,16,19H,4,15,17H2,1-3H3,(H,28,30)(H,29,31). The number of ether oxygens (including phenoxy) is 2. The van der Waals surface area contributed by atoms with Gasteiger partial charge in [-0.1, -0.05) is 30.7 Å². The van der Waals surface area contributed by atoms with Gasteiger partial charge >= 0.3 is 0 Å². The van der Waals surface area contributed by atoms with Gasteiger partial charge in [0.1, 0.15) is 17.5 Å². The van der Waals surface area contributed by atoms with Crippen LogP contribution in [0, 0.1) is 6.92 Å². The van der Waals surface area contributed by atoms with E-state index in [1.54, 1.807) is 31.3 Å². The van der Waals surface area contributed by atoms with E-state index in [1.165, 1.54) is 0 Å². The zero-order chi connectivity index (χ0) is 23.6. The van der Waals surface area contributed by atoms with Crippen LogP contribution in [0.1, 0.15) is 41.8 Å². The van der Waals surface area contributed by atoms with E-state index in [0.29, 0.717) is 23.8 Å². The van der Waals surface area contributed by atoms with Crippen molar-refractivity contribution < 1.29 is 19.1 Å². The van der Waals surface area contributed by atoms with Crippen molar-refractivity contribution in [3.05, 3.63) is 83.6 Å². The number of hydrogen-bond acceptors (Lipinski definition) is 5. The molecule has 1 heterocycles. The first kappa shape index (κ1) is 23.8. The summed E-state index contributed by atoms with van der Waals surface area (Å²) in [6, 6.07) is 17.4. The minimum Gasteiger partial charge on any atom is -0.494 e. The zero-order valence-corrected chi connectivity index (χ0v) is 19.1. The topological polar surface area (TPSA) is 89.6 Å². The molecule has 0 saturated heterocycles. The molecular formula is C26H29N3O4. The summed E-state index contributed by atoms with van der Waals surface area (Å²) in [4.78, 5) is 29.2. The lowest BCUT2D eigenvalue weighted by molar-refractivity contribution is -0.122. The van der Waals surface area contributed by atoms with Crippen molar-refractivity contribution >= 4 is 11.8 Å². The van der Waals surface area contributed by atoms with Crippen LogP contribution in [0.15, 0.2) is 66.9 Å². The van der Waals surface area contributed by atoms with Gasteiger partial charge in [-0.2, -0.15) is 0 Å². The van der Waals surface area contributed by atoms with Crippen LogP contribution in [0.2, 0.25) is 0 Å². The molecule has 2 amide bonds. The molecule has 0 fully saturated rings. The fourth-order valence-corrected chi connectivity index (χ4v) is 3.05. The van der Waals surface area contributed by atoms with Crippen molar-refractivity contribution in [2.24, 2.45) is 0 Å². The predicted octanol–water partition coefficient (Wildman–Crippen LogP) is 4.41. The highest BCUT2D eigenvalue weighted by molar-refractivity contribution is 5.97. The van der Waals surface area contributed by atoms with Crippen molar-refractivity contribution in [2.75, 3.05) is 6.61 Å². The Morgan fingerprint density at radius 2 is 1.79 bits per heavy atom. The van der Waals surface area contributed by atoms with E-state index in [9.17, 15) is 9.59 Å². The number of hydrogen-bond donors (Lipinski definition) is 2. The summed E-state index contributed by atoms with van der Waals surface area (Å²) in [5, 5.41) is 5.56. The van der Waals surface area contributed by atoms with E-state index in [-0.39, 0.29) is 18.4 Å². The molecule has 3 aromatic rings. The Bertz CT molecular complexity index is 1080. The Balaban J connectivity index is 1.56. The Morgan fingerprint density at radius 1 is 1.03 bits per heavy atom. The summed E-state index contributed by atoms with van der Waals surface area (Å²) >= 11 is 0. The molecule has 0 aliphatic rings. The molecule has 1 atom stereocenters. The van der Waals surface area contributed by atoms with E-state index >= 15 is 0 Å². The number of aryl methyl sites for hydroxylation is 1. The number of carbonyl (C=O) groups is 2.